The number of nitrogens with one attached hydrogen (secondary N) is 2. The van der Waals surface area contributed by atoms with Crippen LogP contribution in [0.4, 0.5) is 5.69 Å². The molecule has 4 rings (SSSR count). The number of hydrogen-bond acceptors (Lipinski definition) is 4. The fraction of sp³-hybridized carbons (Fsp3) is 0.368. The lowest BCUT2D eigenvalue weighted by Gasteiger charge is -2.35. The Morgan fingerprint density at radius 3 is 2.83 bits per heavy atom. The minimum absolute atomic E-state index is 0. The van der Waals surface area contributed by atoms with Crippen LogP contribution in [0.25, 0.3) is 11.0 Å². The molecule has 29 heavy (non-hydrogen) atoms. The van der Waals surface area contributed by atoms with Gasteiger partial charge in [-0.1, -0.05) is 12.1 Å². The molecule has 0 saturated carbocycles. The Bertz CT molecular complexity index is 977. The van der Waals surface area contributed by atoms with Crippen molar-refractivity contribution in [2.45, 2.75) is 6.42 Å². The number of carbonyl (C=O) groups excluding carboxylic acids is 1. The lowest BCUT2D eigenvalue weighted by atomic mass is 10.3. The lowest BCUT2D eigenvalue weighted by molar-refractivity contribution is -0.120. The van der Waals surface area contributed by atoms with Crippen LogP contribution < -0.4 is 10.2 Å². The van der Waals surface area contributed by atoms with Crippen LogP contribution in [0.15, 0.2) is 41.7 Å². The van der Waals surface area contributed by atoms with E-state index in [1.54, 1.807) is 22.8 Å². The number of imidazole rings is 1. The quantitative estimate of drug-likeness (QED) is 0.316. The number of guanidine groups is 1. The summed E-state index contributed by atoms with van der Waals surface area (Å²) in [5, 5.41) is 7.49. The zero-order valence-corrected chi connectivity index (χ0v) is 18.8. The molecule has 10 heteroatoms. The molecule has 0 atom stereocenters. The number of fused-ring (bicyclic) bond motifs is 1. The number of H-pyrrole nitrogens is 1. The maximum absolute atomic E-state index is 12.6. The van der Waals surface area contributed by atoms with Gasteiger partial charge in [0, 0.05) is 46.3 Å². The van der Waals surface area contributed by atoms with Gasteiger partial charge in [-0.2, -0.15) is 5.10 Å². The summed E-state index contributed by atoms with van der Waals surface area (Å²) < 4.78 is 1.70. The molecule has 2 aromatic heterocycles. The molecular formula is C19H25IN8O. The molecule has 9 nitrogen and oxygen atoms in total. The summed E-state index contributed by atoms with van der Waals surface area (Å²) in [4.78, 5) is 28.6. The molecule has 3 aromatic rings. The smallest absolute Gasteiger partial charge is 0.246 e. The van der Waals surface area contributed by atoms with Crippen LogP contribution in [-0.2, 0) is 18.3 Å². The Kier molecular flexibility index (Phi) is 6.72. The predicted octanol–water partition coefficient (Wildman–Crippen LogP) is 1.38. The number of rotatable bonds is 4. The van der Waals surface area contributed by atoms with E-state index >= 15 is 0 Å². The van der Waals surface area contributed by atoms with Crippen LogP contribution in [0.2, 0.25) is 0 Å². The van der Waals surface area contributed by atoms with Gasteiger partial charge in [-0.15, -0.1) is 24.0 Å². The third-order valence-corrected chi connectivity index (χ3v) is 4.82. The molecule has 0 spiro atoms. The second-order valence-electron chi connectivity index (χ2n) is 6.76. The van der Waals surface area contributed by atoms with Gasteiger partial charge in [-0.25, -0.2) is 4.98 Å². The molecule has 0 unspecified atom stereocenters. The number of halogens is 1. The SMILES string of the molecule is CN=C(NCCc1nc2ccccc2[nH]1)N1CCN(c2cnn(C)c2)C(=O)C1.I. The third-order valence-electron chi connectivity index (χ3n) is 4.82. The van der Waals surface area contributed by atoms with Gasteiger partial charge in [0.05, 0.1) is 22.9 Å². The van der Waals surface area contributed by atoms with Gasteiger partial charge in [-0.3, -0.25) is 14.5 Å². The first-order valence-electron chi connectivity index (χ1n) is 9.32. The monoisotopic (exact) mass is 508 g/mol. The molecule has 1 aliphatic heterocycles. The number of benzene rings is 1. The van der Waals surface area contributed by atoms with Crippen LogP contribution in [0.1, 0.15) is 5.82 Å². The number of anilines is 1. The van der Waals surface area contributed by atoms with Gasteiger partial charge in [0.2, 0.25) is 5.91 Å². The molecule has 1 aliphatic rings. The van der Waals surface area contributed by atoms with Gasteiger partial charge in [-0.05, 0) is 12.1 Å². The average Bonchev–Trinajstić information content (AvgIpc) is 3.31. The Morgan fingerprint density at radius 2 is 2.14 bits per heavy atom. The first-order valence-corrected chi connectivity index (χ1v) is 9.32. The zero-order chi connectivity index (χ0) is 19.5. The van der Waals surface area contributed by atoms with Crippen molar-refractivity contribution in [2.75, 3.05) is 38.1 Å². The largest absolute Gasteiger partial charge is 0.356 e. The van der Waals surface area contributed by atoms with Gasteiger partial charge in [0.15, 0.2) is 5.96 Å². The van der Waals surface area contributed by atoms with E-state index in [-0.39, 0.29) is 29.9 Å². The summed E-state index contributed by atoms with van der Waals surface area (Å²) >= 11 is 0. The number of piperazine rings is 1. The number of amides is 1. The molecule has 1 fully saturated rings. The van der Waals surface area contributed by atoms with Crippen LogP contribution in [0.5, 0.6) is 0 Å². The topological polar surface area (TPSA) is 94.4 Å². The van der Waals surface area contributed by atoms with Crippen LogP contribution in [-0.4, -0.2) is 69.7 Å². The molecule has 0 radical (unpaired) electrons. The number of aryl methyl sites for hydroxylation is 1. The standard InChI is InChI=1S/C19H24N8O.HI/c1-20-19(21-8-7-17-23-15-5-3-4-6-16(15)24-17)26-9-10-27(18(28)13-26)14-11-22-25(2)12-14;/h3-6,11-12H,7-10,13H2,1-2H3,(H,20,21)(H,23,24);1H. The Hall–Kier alpha value is -2.63. The van der Waals surface area contributed by atoms with Crippen molar-refractivity contribution in [2.24, 2.45) is 12.0 Å². The molecule has 1 amide bonds. The van der Waals surface area contributed by atoms with Crippen molar-refractivity contribution in [3.63, 3.8) is 0 Å². The van der Waals surface area contributed by atoms with Gasteiger partial charge in [0.25, 0.3) is 0 Å². The Balaban J connectivity index is 0.00000240. The van der Waals surface area contributed by atoms with Gasteiger partial charge < -0.3 is 20.1 Å². The number of carbonyl (C=O) groups is 1. The number of aliphatic imine (C=N–C) groups is 1. The summed E-state index contributed by atoms with van der Waals surface area (Å²) in [6.45, 7) is 2.29. The number of aromatic amines is 1. The van der Waals surface area contributed by atoms with Crippen molar-refractivity contribution >= 4 is 52.6 Å². The highest BCUT2D eigenvalue weighted by Gasteiger charge is 2.27. The number of hydrogen-bond donors (Lipinski definition) is 2. The molecule has 0 bridgehead atoms. The van der Waals surface area contributed by atoms with E-state index < -0.39 is 0 Å². The highest BCUT2D eigenvalue weighted by molar-refractivity contribution is 14.0. The second-order valence-corrected chi connectivity index (χ2v) is 6.76. The van der Waals surface area contributed by atoms with Crippen molar-refractivity contribution in [1.82, 2.24) is 30.0 Å². The first-order chi connectivity index (χ1) is 13.6. The number of aromatic nitrogens is 4. The highest BCUT2D eigenvalue weighted by Crippen LogP contribution is 2.16. The molecule has 2 N–H and O–H groups in total. The first kappa shape index (κ1) is 21.1. The summed E-state index contributed by atoms with van der Waals surface area (Å²) in [7, 11) is 3.58. The van der Waals surface area contributed by atoms with Crippen molar-refractivity contribution < 1.29 is 4.79 Å². The van der Waals surface area contributed by atoms with Crippen LogP contribution in [0.3, 0.4) is 0 Å². The summed E-state index contributed by atoms with van der Waals surface area (Å²) in [6.07, 6.45) is 4.32. The Labute approximate surface area is 186 Å². The van der Waals surface area contributed by atoms with E-state index in [0.717, 1.165) is 34.9 Å². The van der Waals surface area contributed by atoms with Crippen molar-refractivity contribution in [3.05, 3.63) is 42.5 Å². The maximum atomic E-state index is 12.6. The average molecular weight is 508 g/mol. The number of nitrogens with zero attached hydrogens (tertiary/aromatic N) is 6. The van der Waals surface area contributed by atoms with Crippen molar-refractivity contribution in [1.29, 1.82) is 0 Å². The van der Waals surface area contributed by atoms with Crippen molar-refractivity contribution in [3.8, 4) is 0 Å². The molecule has 0 aliphatic carbocycles. The number of para-hydroxylation sites is 2. The van der Waals surface area contributed by atoms with Crippen LogP contribution in [0, 0.1) is 0 Å². The molecule has 154 valence electrons. The minimum atomic E-state index is 0. The fourth-order valence-electron chi connectivity index (χ4n) is 3.42. The van der Waals surface area contributed by atoms with E-state index in [4.69, 9.17) is 0 Å². The Morgan fingerprint density at radius 1 is 1.31 bits per heavy atom. The van der Waals surface area contributed by atoms with E-state index in [1.807, 2.05) is 42.4 Å². The highest BCUT2D eigenvalue weighted by atomic mass is 127. The summed E-state index contributed by atoms with van der Waals surface area (Å²) in [5.74, 6) is 1.71. The third kappa shape index (κ3) is 4.69. The lowest BCUT2D eigenvalue weighted by Crippen LogP contribution is -2.55. The van der Waals surface area contributed by atoms with Gasteiger partial charge in [0.1, 0.15) is 12.4 Å². The molecule has 1 aromatic carbocycles. The van der Waals surface area contributed by atoms with Crippen LogP contribution >= 0.6 is 24.0 Å². The molecule has 3 heterocycles. The van der Waals surface area contributed by atoms with Gasteiger partial charge >= 0.3 is 0 Å². The normalized spacial score (nSPS) is 15.0. The van der Waals surface area contributed by atoms with E-state index in [0.29, 0.717) is 26.2 Å². The fourth-order valence-corrected chi connectivity index (χ4v) is 3.42. The summed E-state index contributed by atoms with van der Waals surface area (Å²) in [5.41, 5.74) is 2.85. The molecular weight excluding hydrogens is 483 g/mol. The van der Waals surface area contributed by atoms with E-state index in [9.17, 15) is 4.79 Å². The maximum Gasteiger partial charge on any atom is 0.246 e. The summed E-state index contributed by atoms with van der Waals surface area (Å²) in [6, 6.07) is 7.99. The van der Waals surface area contributed by atoms with E-state index in [2.05, 4.69) is 25.4 Å². The molecule has 1 saturated heterocycles. The van der Waals surface area contributed by atoms with E-state index in [1.165, 1.54) is 0 Å². The second kappa shape index (κ2) is 9.25. The predicted molar refractivity (Wildman–Crippen MR) is 124 cm³/mol. The minimum Gasteiger partial charge on any atom is -0.356 e. The zero-order valence-electron chi connectivity index (χ0n) is 16.5.